The molecule has 13 heavy (non-hydrogen) atoms. The van der Waals surface area contributed by atoms with E-state index in [1.54, 1.807) is 12.1 Å². The normalized spacial score (nSPS) is 31.8. The van der Waals surface area contributed by atoms with Gasteiger partial charge in [-0.05, 0) is 30.5 Å². The second-order valence-electron chi connectivity index (χ2n) is 3.90. The highest BCUT2D eigenvalue weighted by atomic mass is 19.1. The fourth-order valence-corrected chi connectivity index (χ4v) is 1.88. The molecule has 2 atom stereocenters. The van der Waals surface area contributed by atoms with Crippen molar-refractivity contribution in [3.05, 3.63) is 35.6 Å². The van der Waals surface area contributed by atoms with E-state index in [0.29, 0.717) is 5.92 Å². The molecule has 1 aliphatic carbocycles. The molecule has 0 spiro atoms. The smallest absolute Gasteiger partial charge is 0.123 e. The van der Waals surface area contributed by atoms with E-state index < -0.39 is 0 Å². The minimum absolute atomic E-state index is 0.0617. The Hall–Kier alpha value is -0.890. The summed E-state index contributed by atoms with van der Waals surface area (Å²) in [6.07, 6.45) is 1.96. The van der Waals surface area contributed by atoms with Gasteiger partial charge in [-0.15, -0.1) is 0 Å². The lowest BCUT2D eigenvalue weighted by atomic mass is 10.1. The zero-order chi connectivity index (χ0) is 9.47. The van der Waals surface area contributed by atoms with Crippen molar-refractivity contribution >= 4 is 0 Å². The highest BCUT2D eigenvalue weighted by molar-refractivity contribution is 5.32. The molecule has 0 unspecified atom stereocenters. The monoisotopic (exact) mass is 179 g/mol. The lowest BCUT2D eigenvalue weighted by Crippen LogP contribution is -2.22. The van der Waals surface area contributed by atoms with Gasteiger partial charge in [-0.1, -0.05) is 19.1 Å². The van der Waals surface area contributed by atoms with Crippen LogP contribution in [0, 0.1) is 5.82 Å². The Kier molecular flexibility index (Phi) is 1.88. The van der Waals surface area contributed by atoms with Gasteiger partial charge < -0.3 is 5.73 Å². The van der Waals surface area contributed by atoms with E-state index in [2.05, 4.69) is 6.92 Å². The van der Waals surface area contributed by atoms with E-state index in [0.717, 1.165) is 18.4 Å². The van der Waals surface area contributed by atoms with Crippen LogP contribution in [0.4, 0.5) is 4.39 Å². The molecule has 70 valence electrons. The minimum atomic E-state index is -0.164. The molecule has 0 aromatic heterocycles. The highest BCUT2D eigenvalue weighted by Gasteiger charge is 2.49. The van der Waals surface area contributed by atoms with Gasteiger partial charge in [0, 0.05) is 11.5 Å². The van der Waals surface area contributed by atoms with E-state index >= 15 is 0 Å². The molecule has 0 radical (unpaired) electrons. The summed E-state index contributed by atoms with van der Waals surface area (Å²) in [6.45, 7) is 2.08. The van der Waals surface area contributed by atoms with Gasteiger partial charge in [-0.25, -0.2) is 4.39 Å². The first-order valence-corrected chi connectivity index (χ1v) is 4.70. The van der Waals surface area contributed by atoms with Crippen LogP contribution in [0.1, 0.15) is 31.2 Å². The van der Waals surface area contributed by atoms with Crippen molar-refractivity contribution in [2.45, 2.75) is 31.2 Å². The van der Waals surface area contributed by atoms with Crippen LogP contribution in [-0.4, -0.2) is 5.54 Å². The molecular formula is C11H14FN. The Balaban J connectivity index is 2.20. The lowest BCUT2D eigenvalue weighted by molar-refractivity contribution is 0.612. The maximum atomic E-state index is 12.9. The molecule has 0 saturated heterocycles. The molecule has 0 aliphatic heterocycles. The first-order chi connectivity index (χ1) is 6.15. The first-order valence-electron chi connectivity index (χ1n) is 4.70. The standard InChI is InChI=1S/C11H14FN/c1-2-11(13)7-10(11)8-4-3-5-9(12)6-8/h3-6,10H,2,7,13H2,1H3/t10-,11-/m1/s1. The summed E-state index contributed by atoms with van der Waals surface area (Å²) in [6, 6.07) is 6.77. The summed E-state index contributed by atoms with van der Waals surface area (Å²) in [5, 5.41) is 0. The third kappa shape index (κ3) is 1.46. The molecule has 0 heterocycles. The Morgan fingerprint density at radius 3 is 2.92 bits per heavy atom. The average Bonchev–Trinajstić information content (AvgIpc) is 2.79. The average molecular weight is 179 g/mol. The Bertz CT molecular complexity index is 324. The zero-order valence-electron chi connectivity index (χ0n) is 7.76. The van der Waals surface area contributed by atoms with E-state index in [-0.39, 0.29) is 11.4 Å². The third-order valence-electron chi connectivity index (χ3n) is 3.03. The quantitative estimate of drug-likeness (QED) is 0.741. The summed E-state index contributed by atoms with van der Waals surface area (Å²) in [4.78, 5) is 0. The van der Waals surface area contributed by atoms with Gasteiger partial charge >= 0.3 is 0 Å². The Labute approximate surface area is 77.8 Å². The SMILES string of the molecule is CC[C@@]1(N)C[C@@H]1c1cccc(F)c1. The molecule has 1 fully saturated rings. The lowest BCUT2D eigenvalue weighted by Gasteiger charge is -2.07. The summed E-state index contributed by atoms with van der Waals surface area (Å²) in [5.74, 6) is 0.205. The van der Waals surface area contributed by atoms with Gasteiger partial charge in [0.05, 0.1) is 0 Å². The summed E-state index contributed by atoms with van der Waals surface area (Å²) in [7, 11) is 0. The highest BCUT2D eigenvalue weighted by Crippen LogP contribution is 2.51. The second-order valence-corrected chi connectivity index (χ2v) is 3.90. The number of hydrogen-bond acceptors (Lipinski definition) is 1. The Morgan fingerprint density at radius 1 is 1.62 bits per heavy atom. The number of nitrogens with two attached hydrogens (primary N) is 1. The van der Waals surface area contributed by atoms with Crippen LogP contribution in [0.5, 0.6) is 0 Å². The third-order valence-corrected chi connectivity index (χ3v) is 3.03. The van der Waals surface area contributed by atoms with Crippen LogP contribution < -0.4 is 5.73 Å². The van der Waals surface area contributed by atoms with Crippen LogP contribution >= 0.6 is 0 Å². The molecular weight excluding hydrogens is 165 g/mol. The van der Waals surface area contributed by atoms with Gasteiger partial charge in [0.2, 0.25) is 0 Å². The first kappa shape index (κ1) is 8.70. The van der Waals surface area contributed by atoms with Crippen molar-refractivity contribution in [3.63, 3.8) is 0 Å². The van der Waals surface area contributed by atoms with Crippen molar-refractivity contribution in [3.8, 4) is 0 Å². The molecule has 2 heteroatoms. The van der Waals surface area contributed by atoms with Crippen LogP contribution in [0.15, 0.2) is 24.3 Å². The van der Waals surface area contributed by atoms with Crippen molar-refractivity contribution in [1.82, 2.24) is 0 Å². The van der Waals surface area contributed by atoms with Gasteiger partial charge in [-0.2, -0.15) is 0 Å². The van der Waals surface area contributed by atoms with Crippen molar-refractivity contribution < 1.29 is 4.39 Å². The molecule has 1 nitrogen and oxygen atoms in total. The summed E-state index contributed by atoms with van der Waals surface area (Å²) < 4.78 is 12.9. The second kappa shape index (κ2) is 2.81. The van der Waals surface area contributed by atoms with Gasteiger partial charge in [-0.3, -0.25) is 0 Å². The predicted molar refractivity (Wildman–Crippen MR) is 51.0 cm³/mol. The topological polar surface area (TPSA) is 26.0 Å². The molecule has 1 aromatic carbocycles. The molecule has 1 aromatic rings. The van der Waals surface area contributed by atoms with Crippen LogP contribution in [0.3, 0.4) is 0 Å². The molecule has 0 bridgehead atoms. The number of hydrogen-bond donors (Lipinski definition) is 1. The maximum Gasteiger partial charge on any atom is 0.123 e. The van der Waals surface area contributed by atoms with Crippen LogP contribution in [0.2, 0.25) is 0 Å². The Morgan fingerprint density at radius 2 is 2.38 bits per heavy atom. The minimum Gasteiger partial charge on any atom is -0.325 e. The molecule has 2 N–H and O–H groups in total. The molecule has 1 saturated carbocycles. The van der Waals surface area contributed by atoms with Gasteiger partial charge in [0.25, 0.3) is 0 Å². The molecule has 2 rings (SSSR count). The predicted octanol–water partition coefficient (Wildman–Crippen LogP) is 2.42. The van der Waals surface area contributed by atoms with Crippen molar-refractivity contribution in [2.75, 3.05) is 0 Å². The summed E-state index contributed by atoms with van der Waals surface area (Å²) >= 11 is 0. The fraction of sp³-hybridized carbons (Fsp3) is 0.455. The van der Waals surface area contributed by atoms with E-state index in [9.17, 15) is 4.39 Å². The number of benzene rings is 1. The summed E-state index contributed by atoms with van der Waals surface area (Å²) in [5.41, 5.74) is 7.03. The van der Waals surface area contributed by atoms with Crippen LogP contribution in [-0.2, 0) is 0 Å². The van der Waals surface area contributed by atoms with E-state index in [1.807, 2.05) is 6.07 Å². The molecule has 0 amide bonds. The van der Waals surface area contributed by atoms with E-state index in [4.69, 9.17) is 5.73 Å². The van der Waals surface area contributed by atoms with Gasteiger partial charge in [0.15, 0.2) is 0 Å². The maximum absolute atomic E-state index is 12.9. The van der Waals surface area contributed by atoms with Crippen LogP contribution in [0.25, 0.3) is 0 Å². The number of rotatable bonds is 2. The fourth-order valence-electron chi connectivity index (χ4n) is 1.88. The molecule has 1 aliphatic rings. The largest absolute Gasteiger partial charge is 0.325 e. The van der Waals surface area contributed by atoms with E-state index in [1.165, 1.54) is 6.07 Å². The van der Waals surface area contributed by atoms with Gasteiger partial charge in [0.1, 0.15) is 5.82 Å². The van der Waals surface area contributed by atoms with Crippen molar-refractivity contribution in [2.24, 2.45) is 5.73 Å². The van der Waals surface area contributed by atoms with Crippen molar-refractivity contribution in [1.29, 1.82) is 0 Å². The number of halogens is 1. The zero-order valence-corrected chi connectivity index (χ0v) is 7.76.